The third kappa shape index (κ3) is 2.52. The van der Waals surface area contributed by atoms with E-state index >= 15 is 0 Å². The van der Waals surface area contributed by atoms with Gasteiger partial charge in [0.2, 0.25) is 0 Å². The summed E-state index contributed by atoms with van der Waals surface area (Å²) in [6.07, 6.45) is 4.14. The summed E-state index contributed by atoms with van der Waals surface area (Å²) in [5.41, 5.74) is 0. The van der Waals surface area contributed by atoms with E-state index in [4.69, 9.17) is 0 Å². The molecule has 0 radical (unpaired) electrons. The Hall–Kier alpha value is 1.00. The molecule has 8 heavy (non-hydrogen) atoms. The fraction of sp³-hybridized carbons (Fsp3) is 1.00. The minimum absolute atomic E-state index is 0.764. The molecule has 44 valence electrons. The van der Waals surface area contributed by atoms with E-state index < -0.39 is 0 Å². The van der Waals surface area contributed by atoms with Crippen molar-refractivity contribution < 1.29 is 0 Å². The standard InChI is InChI=1S/C7H15.Na/c1-4-7(5-2)6-3;/h4-6H2,1-3H3;. The number of hydrogen-bond donors (Lipinski definition) is 0. The molecule has 0 unspecified atom stereocenters. The molecule has 0 aromatic rings. The first-order valence-electron chi connectivity index (χ1n) is 3.68. The summed E-state index contributed by atoms with van der Waals surface area (Å²) >= 11 is 1.37. The van der Waals surface area contributed by atoms with Crippen molar-refractivity contribution in [1.82, 2.24) is 0 Å². The van der Waals surface area contributed by atoms with E-state index in [1.165, 1.54) is 47.2 Å². The molecule has 0 aromatic heterocycles. The maximum atomic E-state index is 2.31. The van der Waals surface area contributed by atoms with Crippen LogP contribution in [0.4, 0.5) is 0 Å². The van der Waals surface area contributed by atoms with Gasteiger partial charge in [-0.05, 0) is 0 Å². The van der Waals surface area contributed by atoms with Crippen molar-refractivity contribution in [2.45, 2.75) is 42.7 Å². The average Bonchev–Trinajstić information content (AvgIpc) is 1.87. The zero-order valence-corrected chi connectivity index (χ0v) is 8.62. The van der Waals surface area contributed by atoms with Gasteiger partial charge in [0, 0.05) is 0 Å². The van der Waals surface area contributed by atoms with Crippen LogP contribution in [0.2, 0.25) is 2.66 Å². The van der Waals surface area contributed by atoms with Crippen molar-refractivity contribution in [3.8, 4) is 0 Å². The van der Waals surface area contributed by atoms with Crippen LogP contribution in [0.3, 0.4) is 0 Å². The topological polar surface area (TPSA) is 0 Å². The predicted octanol–water partition coefficient (Wildman–Crippen LogP) is 2.54. The maximum absolute atomic E-state index is 2.31. The SMILES string of the molecule is CC[C]([Na])(CC)CC. The Morgan fingerprint density at radius 2 is 1.25 bits per heavy atom. The van der Waals surface area contributed by atoms with Crippen LogP contribution in [-0.4, -0.2) is 27.9 Å². The quantitative estimate of drug-likeness (QED) is 0.504. The Kier molecular flexibility index (Phi) is 4.41. The second-order valence-corrected chi connectivity index (χ2v) is 4.99. The summed E-state index contributed by atoms with van der Waals surface area (Å²) in [5.74, 6) is 0. The van der Waals surface area contributed by atoms with Gasteiger partial charge in [0.1, 0.15) is 0 Å². The van der Waals surface area contributed by atoms with Gasteiger partial charge in [-0.25, -0.2) is 0 Å². The number of hydrogen-bond acceptors (Lipinski definition) is 0. The van der Waals surface area contributed by atoms with Crippen molar-refractivity contribution in [3.63, 3.8) is 0 Å². The molecule has 0 saturated heterocycles. The van der Waals surface area contributed by atoms with E-state index in [2.05, 4.69) is 20.8 Å². The van der Waals surface area contributed by atoms with Crippen LogP contribution < -0.4 is 0 Å². The summed E-state index contributed by atoms with van der Waals surface area (Å²) in [6, 6.07) is 0. The van der Waals surface area contributed by atoms with Crippen molar-refractivity contribution >= 4 is 27.9 Å². The van der Waals surface area contributed by atoms with Gasteiger partial charge in [0.25, 0.3) is 0 Å². The summed E-state index contributed by atoms with van der Waals surface area (Å²) in [4.78, 5) is 0. The first kappa shape index (κ1) is 9.00. The van der Waals surface area contributed by atoms with E-state index in [-0.39, 0.29) is 0 Å². The van der Waals surface area contributed by atoms with Crippen molar-refractivity contribution in [2.24, 2.45) is 0 Å². The van der Waals surface area contributed by atoms with Crippen LogP contribution in [-0.2, 0) is 0 Å². The van der Waals surface area contributed by atoms with Crippen LogP contribution >= 0.6 is 0 Å². The van der Waals surface area contributed by atoms with Crippen molar-refractivity contribution in [3.05, 3.63) is 0 Å². The molecule has 0 fully saturated rings. The molecule has 0 N–H and O–H groups in total. The Balaban J connectivity index is 3.58. The molecular weight excluding hydrogens is 107 g/mol. The first-order chi connectivity index (χ1) is 3.68. The second-order valence-electron chi connectivity index (χ2n) is 2.87. The summed E-state index contributed by atoms with van der Waals surface area (Å²) in [6.45, 7) is 6.92. The third-order valence-corrected chi connectivity index (χ3v) is 4.68. The molecular formula is C7H15Na. The molecule has 0 saturated carbocycles. The Morgan fingerprint density at radius 1 is 1.00 bits per heavy atom. The van der Waals surface area contributed by atoms with Crippen LogP contribution in [0.15, 0.2) is 0 Å². The minimum atomic E-state index is 0.764. The molecule has 0 bridgehead atoms. The van der Waals surface area contributed by atoms with Gasteiger partial charge in [-0.2, -0.15) is 0 Å². The van der Waals surface area contributed by atoms with Gasteiger partial charge < -0.3 is 0 Å². The van der Waals surface area contributed by atoms with E-state index in [1.54, 1.807) is 0 Å². The fourth-order valence-electron chi connectivity index (χ4n) is 0.750. The van der Waals surface area contributed by atoms with Gasteiger partial charge in [0.15, 0.2) is 0 Å². The van der Waals surface area contributed by atoms with Crippen LogP contribution in [0, 0.1) is 0 Å². The van der Waals surface area contributed by atoms with E-state index in [0.717, 1.165) is 2.66 Å². The molecule has 1 heteroatoms. The van der Waals surface area contributed by atoms with Gasteiger partial charge in [-0.3, -0.25) is 0 Å². The van der Waals surface area contributed by atoms with Gasteiger partial charge in [-0.1, -0.05) is 0 Å². The van der Waals surface area contributed by atoms with E-state index in [1.807, 2.05) is 0 Å². The predicted molar refractivity (Wildman–Crippen MR) is 39.3 cm³/mol. The Labute approximate surface area is 70.5 Å². The molecule has 0 aliphatic heterocycles. The summed E-state index contributed by atoms with van der Waals surface area (Å²) < 4.78 is 0.764. The average molecular weight is 122 g/mol. The second kappa shape index (κ2) is 3.92. The van der Waals surface area contributed by atoms with Crippen molar-refractivity contribution in [2.75, 3.05) is 0 Å². The number of rotatable bonds is 3. The van der Waals surface area contributed by atoms with Gasteiger partial charge >= 0.3 is 70.6 Å². The molecule has 0 nitrogen and oxygen atoms in total. The summed E-state index contributed by atoms with van der Waals surface area (Å²) in [7, 11) is 0. The van der Waals surface area contributed by atoms with Gasteiger partial charge in [0.05, 0.1) is 0 Å². The summed E-state index contributed by atoms with van der Waals surface area (Å²) in [5, 5.41) is 0. The molecule has 0 spiro atoms. The fourth-order valence-corrected chi connectivity index (χ4v) is 0.750. The molecule has 0 atom stereocenters. The van der Waals surface area contributed by atoms with E-state index in [0.29, 0.717) is 0 Å². The van der Waals surface area contributed by atoms with Crippen molar-refractivity contribution in [1.29, 1.82) is 0 Å². The zero-order valence-electron chi connectivity index (χ0n) is 6.62. The Morgan fingerprint density at radius 3 is 1.25 bits per heavy atom. The van der Waals surface area contributed by atoms with Gasteiger partial charge in [-0.15, -0.1) is 0 Å². The molecule has 0 rings (SSSR count). The van der Waals surface area contributed by atoms with E-state index in [9.17, 15) is 0 Å². The molecule has 0 aromatic carbocycles. The van der Waals surface area contributed by atoms with Crippen LogP contribution in [0.25, 0.3) is 0 Å². The van der Waals surface area contributed by atoms with Crippen LogP contribution in [0.1, 0.15) is 40.0 Å². The molecule has 0 aliphatic rings. The Bertz CT molecular complexity index is 47.1. The molecule has 0 aliphatic carbocycles. The monoisotopic (exact) mass is 122 g/mol. The van der Waals surface area contributed by atoms with Crippen LogP contribution in [0.5, 0.6) is 0 Å². The molecule has 0 heterocycles. The molecule has 0 amide bonds. The third-order valence-electron chi connectivity index (χ3n) is 2.56. The normalized spacial score (nSPS) is 12.1. The first-order valence-corrected chi connectivity index (χ1v) is 4.68. The zero-order chi connectivity index (χ0) is 6.62.